The highest BCUT2D eigenvalue weighted by molar-refractivity contribution is 6.18. The van der Waals surface area contributed by atoms with E-state index in [0.717, 1.165) is 10.7 Å². The second-order valence-corrected chi connectivity index (χ2v) is 4.75. The van der Waals surface area contributed by atoms with Gasteiger partial charge < -0.3 is 0 Å². The second-order valence-electron chi connectivity index (χ2n) is 4.75. The number of rotatable bonds is 2. The number of aromatic nitrogens is 2. The highest BCUT2D eigenvalue weighted by Crippen LogP contribution is 2.30. The molecule has 0 bridgehead atoms. The van der Waals surface area contributed by atoms with E-state index < -0.39 is 11.7 Å². The Balaban J connectivity index is 1.99. The summed E-state index contributed by atoms with van der Waals surface area (Å²) in [6.45, 7) is 3.60. The van der Waals surface area contributed by atoms with Gasteiger partial charge >= 0.3 is 0 Å². The number of hydrogen-bond acceptors (Lipinski definition) is 3. The summed E-state index contributed by atoms with van der Waals surface area (Å²) in [5, 5.41) is 12.2. The van der Waals surface area contributed by atoms with Crippen molar-refractivity contribution in [3.63, 3.8) is 0 Å². The van der Waals surface area contributed by atoms with E-state index in [0.29, 0.717) is 11.4 Å². The van der Waals surface area contributed by atoms with Gasteiger partial charge in [-0.1, -0.05) is 12.1 Å². The van der Waals surface area contributed by atoms with Crippen molar-refractivity contribution in [1.82, 2.24) is 10.2 Å². The van der Waals surface area contributed by atoms with E-state index in [1.807, 2.05) is 6.92 Å². The smallest absolute Gasteiger partial charge is 0.262 e. The zero-order chi connectivity index (χ0) is 14.3. The van der Waals surface area contributed by atoms with Gasteiger partial charge in [0.1, 0.15) is 17.4 Å². The van der Waals surface area contributed by atoms with Gasteiger partial charge in [-0.05, 0) is 32.0 Å². The van der Waals surface area contributed by atoms with Crippen molar-refractivity contribution in [2.45, 2.75) is 19.8 Å². The molecule has 1 unspecified atom stereocenters. The quantitative estimate of drug-likeness (QED) is 0.912. The molecule has 20 heavy (non-hydrogen) atoms. The minimum atomic E-state index is -0.556. The van der Waals surface area contributed by atoms with Gasteiger partial charge in [0.05, 0.1) is 11.4 Å². The van der Waals surface area contributed by atoms with Crippen molar-refractivity contribution < 1.29 is 9.18 Å². The first-order valence-electron chi connectivity index (χ1n) is 6.23. The van der Waals surface area contributed by atoms with Gasteiger partial charge in [0.25, 0.3) is 5.91 Å². The Kier molecular flexibility index (Phi) is 2.85. The Morgan fingerprint density at radius 1 is 1.30 bits per heavy atom. The first-order valence-corrected chi connectivity index (χ1v) is 6.23. The van der Waals surface area contributed by atoms with Gasteiger partial charge in [0.15, 0.2) is 0 Å². The van der Waals surface area contributed by atoms with E-state index in [2.05, 4.69) is 15.3 Å². The summed E-state index contributed by atoms with van der Waals surface area (Å²) in [5.41, 5.74) is 2.23. The maximum atomic E-state index is 13.8. The number of anilines is 1. The van der Waals surface area contributed by atoms with Crippen LogP contribution in [0.1, 0.15) is 24.2 Å². The second kappa shape index (κ2) is 4.56. The van der Waals surface area contributed by atoms with Crippen LogP contribution < -0.4 is 5.01 Å². The highest BCUT2D eigenvalue weighted by atomic mass is 19.1. The summed E-state index contributed by atoms with van der Waals surface area (Å²) in [5.74, 6) is -1.32. The number of benzene rings is 1. The number of hydrazone groups is 1. The number of nitrogens with zero attached hydrogens (tertiary/aromatic N) is 3. The Labute approximate surface area is 115 Å². The minimum absolute atomic E-state index is 0.159. The molecule has 2 heterocycles. The molecular formula is C14H13FN4O. The van der Waals surface area contributed by atoms with Crippen LogP contribution in [0.25, 0.3) is 0 Å². The van der Waals surface area contributed by atoms with Gasteiger partial charge in [-0.15, -0.1) is 0 Å². The van der Waals surface area contributed by atoms with Crippen molar-refractivity contribution in [2.24, 2.45) is 5.10 Å². The maximum absolute atomic E-state index is 13.8. The van der Waals surface area contributed by atoms with E-state index in [-0.39, 0.29) is 11.6 Å². The molecule has 2 aromatic rings. The van der Waals surface area contributed by atoms with Gasteiger partial charge in [-0.2, -0.15) is 15.2 Å². The molecule has 0 radical (unpaired) electrons. The minimum Gasteiger partial charge on any atom is -0.283 e. The van der Waals surface area contributed by atoms with Crippen molar-refractivity contribution >= 4 is 17.3 Å². The molecule has 1 amide bonds. The predicted octanol–water partition coefficient (Wildman–Crippen LogP) is 2.36. The van der Waals surface area contributed by atoms with Crippen LogP contribution in [0.4, 0.5) is 10.1 Å². The molecule has 3 rings (SSSR count). The molecule has 1 atom stereocenters. The molecular weight excluding hydrogens is 259 g/mol. The third-order valence-electron chi connectivity index (χ3n) is 3.23. The van der Waals surface area contributed by atoms with Crippen LogP contribution in [-0.2, 0) is 4.79 Å². The fourth-order valence-corrected chi connectivity index (χ4v) is 2.29. The highest BCUT2D eigenvalue weighted by Gasteiger charge is 2.37. The average Bonchev–Trinajstić information content (AvgIpc) is 2.94. The van der Waals surface area contributed by atoms with Gasteiger partial charge in [-0.25, -0.2) is 4.39 Å². The lowest BCUT2D eigenvalue weighted by Crippen LogP contribution is -2.26. The van der Waals surface area contributed by atoms with Crippen molar-refractivity contribution in [2.75, 3.05) is 5.01 Å². The summed E-state index contributed by atoms with van der Waals surface area (Å²) >= 11 is 0. The van der Waals surface area contributed by atoms with Crippen LogP contribution in [0, 0.1) is 12.7 Å². The molecule has 0 saturated heterocycles. The van der Waals surface area contributed by atoms with E-state index in [4.69, 9.17) is 0 Å². The molecule has 0 aliphatic carbocycles. The van der Waals surface area contributed by atoms with Crippen molar-refractivity contribution in [1.29, 1.82) is 0 Å². The van der Waals surface area contributed by atoms with Crippen LogP contribution in [-0.4, -0.2) is 21.8 Å². The first-order chi connectivity index (χ1) is 9.58. The topological polar surface area (TPSA) is 61.4 Å². The lowest BCUT2D eigenvalue weighted by Gasteiger charge is -2.13. The molecule has 0 fully saturated rings. The lowest BCUT2D eigenvalue weighted by molar-refractivity contribution is -0.118. The number of hydrogen-bond donors (Lipinski definition) is 1. The number of H-pyrrole nitrogens is 1. The summed E-state index contributed by atoms with van der Waals surface area (Å²) in [7, 11) is 0. The zero-order valence-electron chi connectivity index (χ0n) is 11.1. The molecule has 5 nitrogen and oxygen atoms in total. The summed E-state index contributed by atoms with van der Waals surface area (Å²) in [6.07, 6.45) is 0. The van der Waals surface area contributed by atoms with Crippen LogP contribution in [0.5, 0.6) is 0 Å². The van der Waals surface area contributed by atoms with E-state index in [9.17, 15) is 9.18 Å². The van der Waals surface area contributed by atoms with Crippen molar-refractivity contribution in [3.8, 4) is 0 Å². The summed E-state index contributed by atoms with van der Waals surface area (Å²) < 4.78 is 13.8. The molecule has 6 heteroatoms. The number of carbonyl (C=O) groups excluding carboxylic acids is 1. The van der Waals surface area contributed by atoms with Gasteiger partial charge in [-0.3, -0.25) is 9.89 Å². The molecule has 0 spiro atoms. The van der Waals surface area contributed by atoms with Gasteiger partial charge in [0, 0.05) is 5.69 Å². The Morgan fingerprint density at radius 2 is 2.05 bits per heavy atom. The molecule has 1 N–H and O–H groups in total. The van der Waals surface area contributed by atoms with Crippen LogP contribution in [0.15, 0.2) is 35.4 Å². The molecule has 1 aromatic heterocycles. The fraction of sp³-hybridized carbons (Fsp3) is 0.214. The number of nitrogens with one attached hydrogen (secondary N) is 1. The number of aryl methyl sites for hydroxylation is 1. The van der Waals surface area contributed by atoms with Crippen LogP contribution in [0.3, 0.4) is 0 Å². The summed E-state index contributed by atoms with van der Waals surface area (Å²) in [6, 6.07) is 7.88. The van der Waals surface area contributed by atoms with E-state index >= 15 is 0 Å². The van der Waals surface area contributed by atoms with Crippen LogP contribution >= 0.6 is 0 Å². The Morgan fingerprint density at radius 3 is 2.70 bits per heavy atom. The van der Waals surface area contributed by atoms with Crippen molar-refractivity contribution in [3.05, 3.63) is 47.5 Å². The number of aromatic amines is 1. The molecule has 1 aromatic carbocycles. The zero-order valence-corrected chi connectivity index (χ0v) is 11.1. The molecule has 1 aliphatic heterocycles. The monoisotopic (exact) mass is 272 g/mol. The average molecular weight is 272 g/mol. The Bertz CT molecular complexity index is 707. The van der Waals surface area contributed by atoms with Gasteiger partial charge in [0.2, 0.25) is 0 Å². The predicted molar refractivity (Wildman–Crippen MR) is 73.1 cm³/mol. The molecule has 0 saturated carbocycles. The SMILES string of the molecule is CC1=NN(c2ccccc2F)C(=O)C1c1cc(C)[nH]n1. The van der Waals surface area contributed by atoms with E-state index in [1.165, 1.54) is 12.1 Å². The molecule has 102 valence electrons. The normalized spacial score (nSPS) is 18.6. The van der Waals surface area contributed by atoms with E-state index in [1.54, 1.807) is 25.1 Å². The Hall–Kier alpha value is -2.50. The first kappa shape index (κ1) is 12.5. The standard InChI is InChI=1S/C14H13FN4O/c1-8-7-11(17-16-8)13-9(2)18-19(14(13)20)12-6-4-3-5-10(12)15/h3-7,13H,1-2H3,(H,16,17). The number of para-hydroxylation sites is 1. The maximum Gasteiger partial charge on any atom is 0.262 e. The third-order valence-corrected chi connectivity index (χ3v) is 3.23. The molecule has 1 aliphatic rings. The number of carbonyl (C=O) groups is 1. The lowest BCUT2D eigenvalue weighted by atomic mass is 10.0. The largest absolute Gasteiger partial charge is 0.283 e. The third kappa shape index (κ3) is 1.89. The number of amides is 1. The summed E-state index contributed by atoms with van der Waals surface area (Å²) in [4.78, 5) is 12.5. The van der Waals surface area contributed by atoms with Crippen LogP contribution in [0.2, 0.25) is 0 Å². The fourth-order valence-electron chi connectivity index (χ4n) is 2.29. The number of halogens is 1.